The molecule has 0 saturated carbocycles. The molecule has 0 aliphatic carbocycles. The number of rotatable bonds is 4. The van der Waals surface area contributed by atoms with Gasteiger partial charge in [0.25, 0.3) is 5.91 Å². The minimum atomic E-state index is -0.176. The molecule has 2 amide bonds. The van der Waals surface area contributed by atoms with Crippen LogP contribution < -0.4 is 16.2 Å². The van der Waals surface area contributed by atoms with Crippen molar-refractivity contribution in [2.75, 3.05) is 5.32 Å². The fraction of sp³-hybridized carbons (Fsp3) is 0.190. The Morgan fingerprint density at radius 3 is 2.71 bits per heavy atom. The monoisotopic (exact) mass is 375 g/mol. The van der Waals surface area contributed by atoms with Gasteiger partial charge in [-0.05, 0) is 60.9 Å². The van der Waals surface area contributed by atoms with Gasteiger partial charge in [-0.1, -0.05) is 12.1 Å². The Kier molecular flexibility index (Phi) is 4.90. The predicted octanol–water partition coefficient (Wildman–Crippen LogP) is 2.89. The Hall–Kier alpha value is -3.45. The number of anilines is 1. The van der Waals surface area contributed by atoms with Crippen LogP contribution in [0.1, 0.15) is 40.4 Å². The molecule has 3 aromatic rings. The highest BCUT2D eigenvalue weighted by Crippen LogP contribution is 2.23. The number of benzene rings is 2. The molecule has 1 saturated heterocycles. The number of aromatic nitrogens is 2. The van der Waals surface area contributed by atoms with Gasteiger partial charge >= 0.3 is 0 Å². The third-order valence-electron chi connectivity index (χ3n) is 4.70. The normalized spacial score (nSPS) is 16.5. The minimum Gasteiger partial charge on any atom is -0.322 e. The van der Waals surface area contributed by atoms with Gasteiger partial charge in [-0.2, -0.15) is 5.10 Å². The summed E-state index contributed by atoms with van der Waals surface area (Å²) >= 11 is 0. The van der Waals surface area contributed by atoms with Gasteiger partial charge in [-0.25, -0.2) is 10.1 Å². The number of hydrogen-bond acceptors (Lipinski definition) is 4. The van der Waals surface area contributed by atoms with Crippen molar-refractivity contribution in [3.05, 3.63) is 77.6 Å². The lowest BCUT2D eigenvalue weighted by atomic mass is 10.0. The Balaban J connectivity index is 1.45. The minimum absolute atomic E-state index is 0.00516. The second-order valence-corrected chi connectivity index (χ2v) is 6.87. The summed E-state index contributed by atoms with van der Waals surface area (Å²) in [4.78, 5) is 23.9. The first-order chi connectivity index (χ1) is 13.6. The van der Waals surface area contributed by atoms with Crippen LogP contribution in [0.25, 0.3) is 5.69 Å². The molecule has 4 rings (SSSR count). The van der Waals surface area contributed by atoms with E-state index in [9.17, 15) is 9.59 Å². The van der Waals surface area contributed by atoms with Crippen LogP contribution in [-0.2, 0) is 4.79 Å². The van der Waals surface area contributed by atoms with Gasteiger partial charge in [0, 0.05) is 23.9 Å². The molecule has 28 heavy (non-hydrogen) atoms. The van der Waals surface area contributed by atoms with E-state index in [1.807, 2.05) is 49.5 Å². The summed E-state index contributed by atoms with van der Waals surface area (Å²) in [6, 6.07) is 15.0. The van der Waals surface area contributed by atoms with Crippen LogP contribution in [0.3, 0.4) is 0 Å². The van der Waals surface area contributed by atoms with Gasteiger partial charge in [-0.3, -0.25) is 15.0 Å². The zero-order valence-corrected chi connectivity index (χ0v) is 15.5. The Bertz CT molecular complexity index is 1000. The highest BCUT2D eigenvalue weighted by Gasteiger charge is 2.19. The van der Waals surface area contributed by atoms with Crippen molar-refractivity contribution < 1.29 is 9.59 Å². The number of hydrogen-bond donors (Lipinski definition) is 3. The molecule has 1 atom stereocenters. The highest BCUT2D eigenvalue weighted by molar-refractivity contribution is 6.04. The van der Waals surface area contributed by atoms with Crippen molar-refractivity contribution in [3.8, 4) is 5.69 Å². The molecule has 1 aromatic heterocycles. The van der Waals surface area contributed by atoms with E-state index in [1.54, 1.807) is 23.0 Å². The van der Waals surface area contributed by atoms with E-state index in [4.69, 9.17) is 0 Å². The summed E-state index contributed by atoms with van der Waals surface area (Å²) in [5, 5.41) is 7.20. The lowest BCUT2D eigenvalue weighted by Crippen LogP contribution is -2.44. The van der Waals surface area contributed by atoms with E-state index >= 15 is 0 Å². The molecular weight excluding hydrogens is 354 g/mol. The van der Waals surface area contributed by atoms with E-state index in [0.29, 0.717) is 17.7 Å². The number of nitrogens with one attached hydrogen (secondary N) is 3. The zero-order chi connectivity index (χ0) is 19.5. The first-order valence-corrected chi connectivity index (χ1v) is 9.16. The zero-order valence-electron chi connectivity index (χ0n) is 15.5. The number of amides is 2. The highest BCUT2D eigenvalue weighted by atomic mass is 16.2. The average Bonchev–Trinajstić information content (AvgIpc) is 3.15. The summed E-state index contributed by atoms with van der Waals surface area (Å²) in [6.07, 6.45) is 4.93. The Morgan fingerprint density at radius 2 is 2.04 bits per heavy atom. The Morgan fingerprint density at radius 1 is 1.21 bits per heavy atom. The van der Waals surface area contributed by atoms with Gasteiger partial charge in [-0.15, -0.1) is 0 Å². The average molecular weight is 375 g/mol. The third kappa shape index (κ3) is 3.94. The van der Waals surface area contributed by atoms with Crippen molar-refractivity contribution in [3.63, 3.8) is 0 Å². The molecule has 7 nitrogen and oxygen atoms in total. The fourth-order valence-electron chi connectivity index (χ4n) is 3.18. The van der Waals surface area contributed by atoms with Crippen molar-refractivity contribution in [2.45, 2.75) is 25.8 Å². The quantitative estimate of drug-likeness (QED) is 0.654. The van der Waals surface area contributed by atoms with Crippen LogP contribution in [0, 0.1) is 6.92 Å². The lowest BCUT2D eigenvalue weighted by molar-refractivity contribution is -0.124. The van der Waals surface area contributed by atoms with Crippen LogP contribution in [0.5, 0.6) is 0 Å². The summed E-state index contributed by atoms with van der Waals surface area (Å²) in [7, 11) is 0. The molecule has 142 valence electrons. The number of carbonyl (C=O) groups is 2. The van der Waals surface area contributed by atoms with Crippen molar-refractivity contribution in [1.82, 2.24) is 20.6 Å². The second kappa shape index (κ2) is 7.66. The third-order valence-corrected chi connectivity index (χ3v) is 4.70. The summed E-state index contributed by atoms with van der Waals surface area (Å²) < 4.78 is 1.77. The molecule has 1 fully saturated rings. The van der Waals surface area contributed by atoms with Crippen LogP contribution in [0.15, 0.2) is 60.9 Å². The van der Waals surface area contributed by atoms with Gasteiger partial charge in [0.1, 0.15) is 0 Å². The number of aryl methyl sites for hydroxylation is 1. The second-order valence-electron chi connectivity index (χ2n) is 6.87. The smallest absolute Gasteiger partial charge is 0.255 e. The van der Waals surface area contributed by atoms with Crippen molar-refractivity contribution >= 4 is 17.5 Å². The standard InChI is InChI=1S/C21H21N5O2/c1-14-12-22-26(13-14)18-7-5-15(6-8-18)21(28)23-17-4-2-3-16(11-17)19-9-10-20(27)25-24-19/h2-8,11-13,19,24H,9-10H2,1H3,(H,23,28)(H,25,27). The molecule has 0 radical (unpaired) electrons. The molecule has 1 aliphatic heterocycles. The number of nitrogens with zero attached hydrogens (tertiary/aromatic N) is 2. The van der Waals surface area contributed by atoms with Gasteiger partial charge < -0.3 is 5.32 Å². The maximum atomic E-state index is 12.6. The molecular formula is C21H21N5O2. The summed E-state index contributed by atoms with van der Waals surface area (Å²) in [5.41, 5.74) is 9.93. The maximum Gasteiger partial charge on any atom is 0.255 e. The first kappa shape index (κ1) is 17.9. The van der Waals surface area contributed by atoms with Crippen molar-refractivity contribution in [1.29, 1.82) is 0 Å². The molecule has 0 spiro atoms. The molecule has 1 aliphatic rings. The molecule has 2 heterocycles. The van der Waals surface area contributed by atoms with Crippen LogP contribution in [-0.4, -0.2) is 21.6 Å². The number of hydrazine groups is 1. The van der Waals surface area contributed by atoms with Gasteiger partial charge in [0.05, 0.1) is 17.9 Å². The van der Waals surface area contributed by atoms with Crippen LogP contribution >= 0.6 is 0 Å². The fourth-order valence-corrected chi connectivity index (χ4v) is 3.18. The lowest BCUT2D eigenvalue weighted by Gasteiger charge is -2.24. The van der Waals surface area contributed by atoms with E-state index in [0.717, 1.165) is 23.2 Å². The molecule has 1 unspecified atom stereocenters. The number of carbonyl (C=O) groups excluding carboxylic acids is 2. The molecule has 7 heteroatoms. The van der Waals surface area contributed by atoms with Crippen molar-refractivity contribution in [2.24, 2.45) is 0 Å². The summed E-state index contributed by atoms with van der Waals surface area (Å²) in [6.45, 7) is 1.98. The molecule has 3 N–H and O–H groups in total. The van der Waals surface area contributed by atoms with Gasteiger partial charge in [0.15, 0.2) is 0 Å². The first-order valence-electron chi connectivity index (χ1n) is 9.16. The molecule has 2 aromatic carbocycles. The van der Waals surface area contributed by atoms with E-state index in [1.165, 1.54) is 0 Å². The van der Waals surface area contributed by atoms with E-state index < -0.39 is 0 Å². The SMILES string of the molecule is Cc1cnn(-c2ccc(C(=O)Nc3cccc(C4CCC(=O)NN4)c3)cc2)c1. The summed E-state index contributed by atoms with van der Waals surface area (Å²) in [5.74, 6) is -0.181. The Labute approximate surface area is 162 Å². The topological polar surface area (TPSA) is 88.0 Å². The largest absolute Gasteiger partial charge is 0.322 e. The van der Waals surface area contributed by atoms with E-state index in [2.05, 4.69) is 21.3 Å². The van der Waals surface area contributed by atoms with Gasteiger partial charge in [0.2, 0.25) is 5.91 Å². The van der Waals surface area contributed by atoms with Crippen LogP contribution in [0.4, 0.5) is 5.69 Å². The molecule has 0 bridgehead atoms. The maximum absolute atomic E-state index is 12.6. The van der Waals surface area contributed by atoms with Crippen LogP contribution in [0.2, 0.25) is 0 Å². The van der Waals surface area contributed by atoms with E-state index in [-0.39, 0.29) is 17.9 Å². The predicted molar refractivity (Wildman–Crippen MR) is 106 cm³/mol.